The van der Waals surface area contributed by atoms with Crippen molar-refractivity contribution in [2.75, 3.05) is 33.4 Å². The molecule has 1 amide bonds. The Hall–Kier alpha value is -0.620. The largest absolute Gasteiger partial charge is 0.383 e. The highest BCUT2D eigenvalue weighted by Gasteiger charge is 2.05. The number of nitrogens with one attached hydrogen (secondary N) is 2. The minimum absolute atomic E-state index is 0. The molecular weight excluding hydrogens is 308 g/mol. The quantitative estimate of drug-likeness (QED) is 0.646. The van der Waals surface area contributed by atoms with Crippen LogP contribution in [-0.4, -0.2) is 39.3 Å². The minimum atomic E-state index is 0. The fourth-order valence-corrected chi connectivity index (χ4v) is 3.03. The number of rotatable bonds is 10. The summed E-state index contributed by atoms with van der Waals surface area (Å²) in [4.78, 5) is 14.4. The van der Waals surface area contributed by atoms with Crippen LogP contribution in [0.4, 0.5) is 0 Å². The molecule has 0 aliphatic carbocycles. The Bertz CT molecular complexity index is 410. The van der Waals surface area contributed by atoms with Crippen LogP contribution >= 0.6 is 23.7 Å². The van der Waals surface area contributed by atoms with E-state index in [0.29, 0.717) is 19.6 Å². The number of carbonyl (C=O) groups excluding carboxylic acids is 1. The molecule has 0 aliphatic heterocycles. The van der Waals surface area contributed by atoms with Crippen molar-refractivity contribution in [2.24, 2.45) is 0 Å². The van der Waals surface area contributed by atoms with E-state index in [1.807, 2.05) is 11.3 Å². The predicted molar refractivity (Wildman–Crippen MR) is 91.7 cm³/mol. The van der Waals surface area contributed by atoms with Crippen LogP contribution < -0.4 is 10.6 Å². The second-order valence-electron chi connectivity index (χ2n) is 4.88. The van der Waals surface area contributed by atoms with Crippen LogP contribution in [0.15, 0.2) is 6.07 Å². The molecule has 4 nitrogen and oxygen atoms in total. The zero-order valence-corrected chi connectivity index (χ0v) is 14.8. The first-order chi connectivity index (χ1) is 9.63. The number of aryl methyl sites for hydroxylation is 3. The van der Waals surface area contributed by atoms with Crippen molar-refractivity contribution >= 4 is 29.7 Å². The Balaban J connectivity index is 0.00000400. The number of methoxy groups -OCH3 is 1. The van der Waals surface area contributed by atoms with Crippen LogP contribution in [0, 0.1) is 13.8 Å². The third-order valence-electron chi connectivity index (χ3n) is 3.10. The van der Waals surface area contributed by atoms with Crippen molar-refractivity contribution in [3.05, 3.63) is 21.4 Å². The number of hydrogen-bond donors (Lipinski definition) is 2. The van der Waals surface area contributed by atoms with Gasteiger partial charge in [0.1, 0.15) is 0 Å². The highest BCUT2D eigenvalue weighted by molar-refractivity contribution is 7.12. The zero-order valence-electron chi connectivity index (χ0n) is 13.2. The predicted octanol–water partition coefficient (Wildman–Crippen LogP) is 2.46. The molecule has 0 saturated heterocycles. The molecule has 0 unspecified atom stereocenters. The summed E-state index contributed by atoms with van der Waals surface area (Å²) < 4.78 is 4.93. The van der Waals surface area contributed by atoms with Gasteiger partial charge >= 0.3 is 0 Å². The number of thiophene rings is 1. The molecule has 0 bridgehead atoms. The summed E-state index contributed by atoms with van der Waals surface area (Å²) in [5.74, 6) is 0.142. The Morgan fingerprint density at radius 2 is 2.05 bits per heavy atom. The van der Waals surface area contributed by atoms with Gasteiger partial charge in [0.2, 0.25) is 5.91 Å². The topological polar surface area (TPSA) is 50.4 Å². The van der Waals surface area contributed by atoms with Gasteiger partial charge in [-0.3, -0.25) is 4.79 Å². The first kappa shape index (κ1) is 20.4. The monoisotopic (exact) mass is 334 g/mol. The van der Waals surface area contributed by atoms with Gasteiger partial charge in [0.05, 0.1) is 6.61 Å². The summed E-state index contributed by atoms with van der Waals surface area (Å²) in [6, 6.07) is 2.23. The van der Waals surface area contributed by atoms with Crippen LogP contribution in [0.5, 0.6) is 0 Å². The van der Waals surface area contributed by atoms with Gasteiger partial charge in [0.15, 0.2) is 0 Å². The molecule has 1 rings (SSSR count). The summed E-state index contributed by atoms with van der Waals surface area (Å²) in [7, 11) is 1.68. The fraction of sp³-hybridized carbons (Fsp3) is 0.667. The van der Waals surface area contributed by atoms with Crippen molar-refractivity contribution in [3.8, 4) is 0 Å². The van der Waals surface area contributed by atoms with E-state index >= 15 is 0 Å². The molecule has 0 aliphatic rings. The van der Waals surface area contributed by atoms with Crippen molar-refractivity contribution in [1.82, 2.24) is 10.6 Å². The van der Waals surface area contributed by atoms with E-state index in [4.69, 9.17) is 4.74 Å². The van der Waals surface area contributed by atoms with Gasteiger partial charge in [-0.25, -0.2) is 0 Å². The first-order valence-electron chi connectivity index (χ1n) is 7.15. The fourth-order valence-electron chi connectivity index (χ4n) is 2.05. The molecule has 0 saturated carbocycles. The Kier molecular flexibility index (Phi) is 11.6. The van der Waals surface area contributed by atoms with Crippen molar-refractivity contribution in [1.29, 1.82) is 0 Å². The maximum Gasteiger partial charge on any atom is 0.220 e. The zero-order chi connectivity index (χ0) is 14.8. The molecule has 2 N–H and O–H groups in total. The van der Waals surface area contributed by atoms with Crippen molar-refractivity contribution in [2.45, 2.75) is 33.1 Å². The van der Waals surface area contributed by atoms with Gasteiger partial charge in [-0.15, -0.1) is 23.7 Å². The maximum atomic E-state index is 11.7. The standard InChI is InChI=1S/C15H26N2O2S.ClH/c1-12-11-14(13(2)20-12)5-4-6-15(18)17-8-7-16-9-10-19-3;/h11,16H,4-10H2,1-3H3,(H,17,18);1H. The molecule has 0 radical (unpaired) electrons. The molecule has 122 valence electrons. The molecule has 6 heteroatoms. The molecular formula is C15H27ClN2O2S. The Morgan fingerprint density at radius 1 is 1.29 bits per heavy atom. The minimum Gasteiger partial charge on any atom is -0.383 e. The van der Waals surface area contributed by atoms with Crippen LogP contribution in [0.2, 0.25) is 0 Å². The summed E-state index contributed by atoms with van der Waals surface area (Å²) in [5.41, 5.74) is 1.39. The Morgan fingerprint density at radius 3 is 2.67 bits per heavy atom. The number of halogens is 1. The number of carbonyl (C=O) groups is 1. The highest BCUT2D eigenvalue weighted by Crippen LogP contribution is 2.21. The number of hydrogen-bond acceptors (Lipinski definition) is 4. The van der Waals surface area contributed by atoms with Gasteiger partial charge in [-0.2, -0.15) is 0 Å². The normalized spacial score (nSPS) is 10.2. The highest BCUT2D eigenvalue weighted by atomic mass is 35.5. The molecule has 1 aromatic heterocycles. The molecule has 0 aromatic carbocycles. The first-order valence-corrected chi connectivity index (χ1v) is 7.97. The average Bonchev–Trinajstić information content (AvgIpc) is 2.72. The second-order valence-corrected chi connectivity index (χ2v) is 6.35. The SMILES string of the molecule is COCCNCCNC(=O)CCCc1cc(C)sc1C.Cl. The number of ether oxygens (including phenoxy) is 1. The molecule has 1 heterocycles. The van der Waals surface area contributed by atoms with E-state index in [-0.39, 0.29) is 18.3 Å². The van der Waals surface area contributed by atoms with E-state index in [9.17, 15) is 4.79 Å². The smallest absolute Gasteiger partial charge is 0.220 e. The van der Waals surface area contributed by atoms with Gasteiger partial charge in [0.25, 0.3) is 0 Å². The summed E-state index contributed by atoms with van der Waals surface area (Å²) >= 11 is 1.83. The molecule has 1 aromatic rings. The second kappa shape index (κ2) is 12.0. The van der Waals surface area contributed by atoms with Gasteiger partial charge in [-0.05, 0) is 38.3 Å². The van der Waals surface area contributed by atoms with E-state index < -0.39 is 0 Å². The lowest BCUT2D eigenvalue weighted by Crippen LogP contribution is -2.32. The summed E-state index contributed by atoms with van der Waals surface area (Å²) in [5, 5.41) is 6.12. The molecule has 0 fully saturated rings. The lowest BCUT2D eigenvalue weighted by Gasteiger charge is -2.06. The van der Waals surface area contributed by atoms with E-state index in [1.54, 1.807) is 7.11 Å². The summed E-state index contributed by atoms with van der Waals surface area (Å²) in [6.07, 6.45) is 2.52. The van der Waals surface area contributed by atoms with Crippen molar-refractivity contribution in [3.63, 3.8) is 0 Å². The third-order valence-corrected chi connectivity index (χ3v) is 4.11. The average molecular weight is 335 g/mol. The van der Waals surface area contributed by atoms with Crippen LogP contribution in [0.25, 0.3) is 0 Å². The van der Waals surface area contributed by atoms with Gasteiger partial charge in [0, 0.05) is 42.9 Å². The van der Waals surface area contributed by atoms with E-state index in [0.717, 1.165) is 25.9 Å². The third kappa shape index (κ3) is 9.09. The lowest BCUT2D eigenvalue weighted by molar-refractivity contribution is -0.121. The van der Waals surface area contributed by atoms with Crippen LogP contribution in [0.3, 0.4) is 0 Å². The summed E-state index contributed by atoms with van der Waals surface area (Å²) in [6.45, 7) is 7.27. The van der Waals surface area contributed by atoms with Crippen molar-refractivity contribution < 1.29 is 9.53 Å². The van der Waals surface area contributed by atoms with Crippen LogP contribution in [-0.2, 0) is 16.0 Å². The molecule has 0 atom stereocenters. The number of amides is 1. The Labute approximate surface area is 138 Å². The van der Waals surface area contributed by atoms with E-state index in [2.05, 4.69) is 30.5 Å². The van der Waals surface area contributed by atoms with Crippen LogP contribution in [0.1, 0.15) is 28.2 Å². The maximum absolute atomic E-state index is 11.7. The molecule has 0 spiro atoms. The molecule has 21 heavy (non-hydrogen) atoms. The lowest BCUT2D eigenvalue weighted by atomic mass is 10.1. The van der Waals surface area contributed by atoms with Gasteiger partial charge < -0.3 is 15.4 Å². The van der Waals surface area contributed by atoms with Gasteiger partial charge in [-0.1, -0.05) is 0 Å². The van der Waals surface area contributed by atoms with E-state index in [1.165, 1.54) is 15.3 Å².